The van der Waals surface area contributed by atoms with E-state index in [1.54, 1.807) is 0 Å². The minimum Gasteiger partial charge on any atom is -0.416 e. The van der Waals surface area contributed by atoms with Gasteiger partial charge in [-0.2, -0.15) is 0 Å². The van der Waals surface area contributed by atoms with Gasteiger partial charge in [-0.25, -0.2) is 0 Å². The summed E-state index contributed by atoms with van der Waals surface area (Å²) >= 11 is 0. The summed E-state index contributed by atoms with van der Waals surface area (Å²) in [6.07, 6.45) is 0. The van der Waals surface area contributed by atoms with Crippen molar-refractivity contribution in [1.82, 2.24) is 9.13 Å². The van der Waals surface area contributed by atoms with Crippen LogP contribution in [0.3, 0.4) is 0 Å². The van der Waals surface area contributed by atoms with Crippen LogP contribution in [0.4, 0.5) is 0 Å². The number of fused-ring (bicyclic) bond motifs is 10. The molecule has 0 radical (unpaired) electrons. The zero-order valence-corrected chi connectivity index (χ0v) is 67.5. The molecule has 4 fully saturated rings. The zero-order chi connectivity index (χ0) is 64.4. The predicted molar refractivity (Wildman–Crippen MR) is 381 cm³/mol. The summed E-state index contributed by atoms with van der Waals surface area (Å²) in [5, 5.41) is 4.97. The number of aryl methyl sites for hydroxylation is 2. The first-order valence-electron chi connectivity index (χ1n) is 33.7. The number of nitrogens with zero attached hydrogens (tertiary/aromatic N) is 2. The highest BCUT2D eigenvalue weighted by molar-refractivity contribution is 7.02. The molecule has 10 rings (SSSR count). The minimum absolute atomic E-state index is 0.00965. The predicted octanol–water partition coefficient (Wildman–Crippen LogP) is 18.0. The summed E-state index contributed by atoms with van der Waals surface area (Å²) in [4.78, 5) is 0. The highest BCUT2D eigenvalue weighted by atomic mass is 28.6. The Morgan fingerprint density at radius 2 is 0.483 bits per heavy atom. The van der Waals surface area contributed by atoms with Crippen molar-refractivity contribution >= 4 is 131 Å². The van der Waals surface area contributed by atoms with Crippen molar-refractivity contribution in [3.63, 3.8) is 0 Å². The number of hydrogen-bond acceptors (Lipinski definition) is 13. The minimum atomic E-state index is -4.36. The molecular weight excluding hydrogens is 1290 g/mol. The van der Waals surface area contributed by atoms with E-state index >= 15 is 0 Å². The Hall–Kier alpha value is -1.87. The zero-order valence-electron chi connectivity index (χ0n) is 57.5. The van der Waals surface area contributed by atoms with Crippen LogP contribution in [-0.4, -0.2) is 96.2 Å². The maximum atomic E-state index is 8.51. The molecule has 2 aromatic heterocycles. The monoisotopic (exact) mass is 1390 g/mol. The average molecular weight is 1390 g/mol. The first-order chi connectivity index (χ1) is 41.6. The second-order valence-electron chi connectivity index (χ2n) is 31.0. The van der Waals surface area contributed by atoms with E-state index in [1.807, 2.05) is 0 Å². The van der Waals surface area contributed by atoms with Gasteiger partial charge in [-0.3, -0.25) is 0 Å². The molecule has 4 unspecified atom stereocenters. The molecule has 0 N–H and O–H groups in total. The normalized spacial score (nSPS) is 29.8. The lowest BCUT2D eigenvalue weighted by Gasteiger charge is -2.62. The van der Waals surface area contributed by atoms with Crippen LogP contribution in [0, 0.1) is 47.3 Å². The smallest absolute Gasteiger partial charge is 0.416 e. The van der Waals surface area contributed by atoms with Crippen molar-refractivity contribution in [2.75, 3.05) is 0 Å². The Bertz CT molecular complexity index is 3030. The molecule has 6 heterocycles. The van der Waals surface area contributed by atoms with Crippen LogP contribution < -0.4 is 0 Å². The lowest BCUT2D eigenvalue weighted by Crippen LogP contribution is -2.86. The van der Waals surface area contributed by atoms with E-state index in [2.05, 4.69) is 243 Å². The van der Waals surface area contributed by atoms with Gasteiger partial charge in [0.15, 0.2) is 16.6 Å². The summed E-state index contributed by atoms with van der Waals surface area (Å²) < 4.78 is 114. The first-order valence-corrected chi connectivity index (χ1v) is 55.4. The van der Waals surface area contributed by atoms with Crippen LogP contribution in [0.25, 0.3) is 43.6 Å². The van der Waals surface area contributed by atoms with Crippen molar-refractivity contribution in [2.24, 2.45) is 47.3 Å². The second kappa shape index (κ2) is 26.6. The summed E-state index contributed by atoms with van der Waals surface area (Å²) in [6, 6.07) is 39.9. The van der Waals surface area contributed by atoms with Crippen LogP contribution >= 0.6 is 0 Å². The largest absolute Gasteiger partial charge is 0.479 e. The van der Waals surface area contributed by atoms with Crippen molar-refractivity contribution in [3.8, 4) is 0 Å². The quantitative estimate of drug-likeness (QED) is 0.0478. The fourth-order valence-electron chi connectivity index (χ4n) is 14.3. The van der Waals surface area contributed by atoms with Crippen molar-refractivity contribution < 1.29 is 53.5 Å². The third-order valence-electron chi connectivity index (χ3n) is 16.8. The first kappa shape index (κ1) is 69.9. The Labute approximate surface area is 544 Å². The van der Waals surface area contributed by atoms with Gasteiger partial charge in [0.25, 0.3) is 0 Å². The molecule has 25 heteroatoms. The molecule has 0 saturated carbocycles. The molecule has 4 aliphatic rings. The molecule has 15 nitrogen and oxygen atoms in total. The van der Waals surface area contributed by atoms with E-state index in [-0.39, 0.29) is 47.3 Å². The molecular formula is C64H108N2O13Si10. The summed E-state index contributed by atoms with van der Waals surface area (Å²) in [6.45, 7) is 46.4. The van der Waals surface area contributed by atoms with Gasteiger partial charge < -0.3 is 62.6 Å². The maximum absolute atomic E-state index is 8.51. The molecule has 0 amide bonds. The third-order valence-corrected chi connectivity index (χ3v) is 64.4. The molecule has 6 aromatic rings. The second-order valence-corrected chi connectivity index (χ2v) is 63.8. The van der Waals surface area contributed by atoms with Crippen LogP contribution in [-0.2, 0) is 66.6 Å². The topological polar surface area (TPSA) is 130 Å². The summed E-state index contributed by atoms with van der Waals surface area (Å²) in [5.41, 5.74) is 4.82. The number of aromatic nitrogens is 2. The molecule has 4 atom stereocenters. The molecule has 4 aromatic carbocycles. The molecule has 6 bridgehead atoms. The fraction of sp³-hybridized carbons (Fsp3) is 0.625. The van der Waals surface area contributed by atoms with Gasteiger partial charge in [0.2, 0.25) is 0 Å². The molecule has 492 valence electrons. The fourth-order valence-corrected chi connectivity index (χ4v) is 73.2. The Balaban J connectivity index is 1.21. The van der Waals surface area contributed by atoms with Gasteiger partial charge in [-0.1, -0.05) is 184 Å². The van der Waals surface area contributed by atoms with Gasteiger partial charge in [0, 0.05) is 105 Å². The Kier molecular flexibility index (Phi) is 20.9. The van der Waals surface area contributed by atoms with Crippen molar-refractivity contribution in [1.29, 1.82) is 0 Å². The molecule has 4 aliphatic heterocycles. The van der Waals surface area contributed by atoms with E-state index < -0.39 is 87.1 Å². The lowest BCUT2D eigenvalue weighted by molar-refractivity contribution is -0.0120. The number of hydrogen-bond donors (Lipinski definition) is 0. The number of para-hydroxylation sites is 4. The van der Waals surface area contributed by atoms with Crippen LogP contribution in [0.15, 0.2) is 97.1 Å². The van der Waals surface area contributed by atoms with Gasteiger partial charge >= 0.3 is 70.4 Å². The van der Waals surface area contributed by atoms with E-state index in [0.717, 1.165) is 25.2 Å². The highest BCUT2D eigenvalue weighted by Crippen LogP contribution is 2.55. The van der Waals surface area contributed by atoms with Crippen LogP contribution in [0.2, 0.25) is 86.6 Å². The lowest BCUT2D eigenvalue weighted by atomic mass is 10.2. The molecule has 0 aliphatic carbocycles. The van der Waals surface area contributed by atoms with Gasteiger partial charge in [-0.15, -0.1) is 0 Å². The van der Waals surface area contributed by atoms with E-state index in [4.69, 9.17) is 53.5 Å². The van der Waals surface area contributed by atoms with Gasteiger partial charge in [0.1, 0.15) is 0 Å². The van der Waals surface area contributed by atoms with Crippen LogP contribution in [0.5, 0.6) is 0 Å². The van der Waals surface area contributed by atoms with Crippen LogP contribution in [0.1, 0.15) is 111 Å². The average Bonchev–Trinajstić information content (AvgIpc) is 1.47. The molecule has 0 spiro atoms. The van der Waals surface area contributed by atoms with Gasteiger partial charge in [-0.05, 0) is 110 Å². The van der Waals surface area contributed by atoms with Gasteiger partial charge in [0.05, 0.1) is 0 Å². The SMILES string of the molecule is CC(C)C[Si]1(O[Si](C)(C)CCn2c3ccccc3c3ccccc32)O[Si]2(CC(C)C)O[Si]3(CC(C)C)O[Si](CC(C)C)(O[Si](C)(C)CCn4c5ccccc5c5ccccc54)O[Si]4(CC(C)C)O[Si](CC(C)C)(O1)O[Si](CC(C)C)(O2)O[Si](CC(C)C)(O3)O4. The Morgan fingerprint density at radius 1 is 0.292 bits per heavy atom. The molecule has 4 saturated heterocycles. The van der Waals surface area contributed by atoms with E-state index in [9.17, 15) is 0 Å². The maximum Gasteiger partial charge on any atom is 0.479 e. The van der Waals surface area contributed by atoms with Crippen molar-refractivity contribution in [3.05, 3.63) is 97.1 Å². The van der Waals surface area contributed by atoms with Crippen molar-refractivity contribution in [2.45, 2.75) is 210 Å². The van der Waals surface area contributed by atoms with E-state index in [0.29, 0.717) is 48.4 Å². The number of benzene rings is 4. The number of rotatable bonds is 26. The Morgan fingerprint density at radius 3 is 0.685 bits per heavy atom. The highest BCUT2D eigenvalue weighted by Gasteiger charge is 2.81. The standard InChI is InChI=1S/C64H108N2O13Si10/c1-49(2)41-82(67-80(17,18)39-37-65-61-33-25-21-29-57(61)58-30-22-26-34-62(58)65)69-84(43-51(5)6)73-86(45-53(9)10)71-83(42-50(3)4,68-81(19,20)40-38-66-63-35-27-23-31-59(63)60-32-24-28-36-64(60)66)72-87(46-54(11)12)74-85(70-82,44-52(7)8)76-88(75-84,47-55(13)14)79-89(77-86,78-87)48-56(15)16/h21-36,49-56H,37-48H2,1-20H3. The van der Waals surface area contributed by atoms with E-state index in [1.165, 1.54) is 43.6 Å². The third kappa shape index (κ3) is 15.8. The molecule has 89 heavy (non-hydrogen) atoms. The summed E-state index contributed by atoms with van der Waals surface area (Å²) in [7, 11) is -40.0. The summed E-state index contributed by atoms with van der Waals surface area (Å²) in [5.74, 6) is 0.245.